The number of aryl methyl sites for hydroxylation is 1. The number of aliphatic carboxylic acids is 1. The minimum absolute atomic E-state index is 0.0368. The molecule has 0 saturated carbocycles. The lowest BCUT2D eigenvalue weighted by atomic mass is 10.1. The predicted molar refractivity (Wildman–Crippen MR) is 129 cm³/mol. The average molecular weight is 538 g/mol. The van der Waals surface area contributed by atoms with Gasteiger partial charge >= 0.3 is 17.8 Å². The van der Waals surface area contributed by atoms with Crippen LogP contribution in [0.15, 0.2) is 56.8 Å². The van der Waals surface area contributed by atoms with Gasteiger partial charge in [-0.3, -0.25) is 9.36 Å². The van der Waals surface area contributed by atoms with Crippen LogP contribution in [0.3, 0.4) is 0 Å². The van der Waals surface area contributed by atoms with Crippen molar-refractivity contribution in [3.8, 4) is 10.8 Å². The molecule has 0 aliphatic heterocycles. The van der Waals surface area contributed by atoms with Crippen molar-refractivity contribution in [3.63, 3.8) is 0 Å². The predicted octanol–water partition coefficient (Wildman–Crippen LogP) is 4.33. The number of benzene rings is 1. The Balaban J connectivity index is 2.00. The van der Waals surface area contributed by atoms with Crippen molar-refractivity contribution in [2.45, 2.75) is 45.1 Å². The second-order valence-electron chi connectivity index (χ2n) is 8.80. The van der Waals surface area contributed by atoms with Crippen LogP contribution in [-0.4, -0.2) is 38.0 Å². The van der Waals surface area contributed by atoms with Crippen LogP contribution >= 0.6 is 11.3 Å². The van der Waals surface area contributed by atoms with Crippen LogP contribution in [0.2, 0.25) is 0 Å². The van der Waals surface area contributed by atoms with E-state index in [0.29, 0.717) is 20.6 Å². The van der Waals surface area contributed by atoms with Gasteiger partial charge in [0, 0.05) is 0 Å². The van der Waals surface area contributed by atoms with Crippen molar-refractivity contribution < 1.29 is 32.2 Å². The molecule has 1 N–H and O–H groups in total. The maximum absolute atomic E-state index is 13.7. The van der Waals surface area contributed by atoms with Gasteiger partial charge in [-0.25, -0.2) is 19.1 Å². The van der Waals surface area contributed by atoms with Gasteiger partial charge in [0.1, 0.15) is 29.3 Å². The number of oxazole rings is 1. The van der Waals surface area contributed by atoms with Crippen LogP contribution in [0.1, 0.15) is 31.1 Å². The molecule has 1 aromatic carbocycles. The summed E-state index contributed by atoms with van der Waals surface area (Å²) in [5.41, 5.74) is -3.05. The highest BCUT2D eigenvalue weighted by Crippen LogP contribution is 2.36. The molecule has 4 aromatic rings. The molecule has 0 radical (unpaired) electrons. The largest absolute Gasteiger partial charge is 0.480 e. The van der Waals surface area contributed by atoms with Crippen LogP contribution in [0.4, 0.5) is 13.2 Å². The third-order valence-electron chi connectivity index (χ3n) is 5.89. The minimum atomic E-state index is -4.63. The lowest BCUT2D eigenvalue weighted by Crippen LogP contribution is -2.52. The number of aromatic nitrogens is 3. The SMILES string of the molecule is Cc1c(-c2ncco2)sc2c1c(=O)n(C(C)(C)C(=O)O)c(=O)n2C[C@@H](OCC(F)(F)F)c1ccccc1. The quantitative estimate of drug-likeness (QED) is 0.356. The highest BCUT2D eigenvalue weighted by molar-refractivity contribution is 7.22. The Bertz CT molecular complexity index is 1550. The summed E-state index contributed by atoms with van der Waals surface area (Å²) in [6.45, 7) is 1.99. The number of nitrogens with zero attached hydrogens (tertiary/aromatic N) is 3. The Morgan fingerprint density at radius 1 is 1.22 bits per heavy atom. The number of rotatable bonds is 8. The van der Waals surface area contributed by atoms with E-state index in [2.05, 4.69) is 4.98 Å². The normalized spacial score (nSPS) is 13.2. The number of halogens is 3. The smallest absolute Gasteiger partial charge is 0.411 e. The van der Waals surface area contributed by atoms with E-state index in [9.17, 15) is 32.7 Å². The van der Waals surface area contributed by atoms with E-state index in [1.54, 1.807) is 37.3 Å². The molecule has 0 unspecified atom stereocenters. The first-order valence-electron chi connectivity index (χ1n) is 11.0. The van der Waals surface area contributed by atoms with Crippen LogP contribution in [0.5, 0.6) is 0 Å². The lowest BCUT2D eigenvalue weighted by Gasteiger charge is -2.25. The number of carboxylic acids is 1. The number of carbonyl (C=O) groups is 1. The van der Waals surface area contributed by atoms with Crippen molar-refractivity contribution in [3.05, 3.63) is 74.8 Å². The van der Waals surface area contributed by atoms with Crippen molar-refractivity contribution in [1.82, 2.24) is 14.1 Å². The number of fused-ring (bicyclic) bond motifs is 1. The molecule has 3 heterocycles. The van der Waals surface area contributed by atoms with E-state index in [1.807, 2.05) is 0 Å². The fraction of sp³-hybridized carbons (Fsp3) is 0.333. The lowest BCUT2D eigenvalue weighted by molar-refractivity contribution is -0.187. The summed E-state index contributed by atoms with van der Waals surface area (Å²) in [7, 11) is 0. The molecule has 0 saturated heterocycles. The fourth-order valence-corrected chi connectivity index (χ4v) is 5.16. The highest BCUT2D eigenvalue weighted by atomic mass is 32.1. The molecule has 3 aromatic heterocycles. The second kappa shape index (κ2) is 9.63. The zero-order chi connectivity index (χ0) is 27.1. The second-order valence-corrected chi connectivity index (χ2v) is 9.80. The first-order valence-corrected chi connectivity index (χ1v) is 11.8. The Morgan fingerprint density at radius 3 is 2.46 bits per heavy atom. The summed E-state index contributed by atoms with van der Waals surface area (Å²) in [5.74, 6) is -1.26. The molecule has 37 heavy (non-hydrogen) atoms. The van der Waals surface area contributed by atoms with Gasteiger partial charge in [0.25, 0.3) is 5.56 Å². The van der Waals surface area contributed by atoms with Gasteiger partial charge in [0.15, 0.2) is 0 Å². The summed E-state index contributed by atoms with van der Waals surface area (Å²) in [6, 6.07) is 8.01. The standard InChI is InChI=1S/C24H22F3N3O6S/c1-13-16-19(31)30(23(2,3)21(32)33)22(34)29(20(16)37-17(13)18-28-9-10-35-18)11-15(36-12-24(25,26)27)14-7-5-4-6-8-14/h4-10,15H,11-12H2,1-3H3,(H,32,33)/t15-/m1/s1. The molecule has 4 rings (SSSR count). The summed E-state index contributed by atoms with van der Waals surface area (Å²) in [5, 5.41) is 9.82. The van der Waals surface area contributed by atoms with Gasteiger partial charge in [-0.05, 0) is 31.9 Å². The van der Waals surface area contributed by atoms with Gasteiger partial charge in [0.05, 0.1) is 23.0 Å². The minimum Gasteiger partial charge on any atom is -0.480 e. The van der Waals surface area contributed by atoms with Gasteiger partial charge < -0.3 is 14.3 Å². The number of alkyl halides is 3. The van der Waals surface area contributed by atoms with Gasteiger partial charge in [-0.2, -0.15) is 13.2 Å². The number of thiophene rings is 1. The molecule has 0 fully saturated rings. The monoisotopic (exact) mass is 537 g/mol. The third kappa shape index (κ3) is 4.96. The summed E-state index contributed by atoms with van der Waals surface area (Å²) >= 11 is 0.993. The van der Waals surface area contributed by atoms with Crippen LogP contribution in [0.25, 0.3) is 21.0 Å². The van der Waals surface area contributed by atoms with Crippen LogP contribution < -0.4 is 11.2 Å². The third-order valence-corrected chi connectivity index (χ3v) is 7.19. The summed E-state index contributed by atoms with van der Waals surface area (Å²) in [4.78, 5) is 43.9. The summed E-state index contributed by atoms with van der Waals surface area (Å²) in [6.07, 6.45) is -3.15. The van der Waals surface area contributed by atoms with E-state index in [0.717, 1.165) is 15.9 Å². The van der Waals surface area contributed by atoms with E-state index >= 15 is 0 Å². The molecule has 13 heteroatoms. The van der Waals surface area contributed by atoms with E-state index in [-0.39, 0.29) is 16.1 Å². The zero-order valence-corrected chi connectivity index (χ0v) is 20.7. The topological polar surface area (TPSA) is 117 Å². The van der Waals surface area contributed by atoms with Crippen molar-refractivity contribution in [2.75, 3.05) is 6.61 Å². The van der Waals surface area contributed by atoms with Gasteiger partial charge in [-0.15, -0.1) is 11.3 Å². The van der Waals surface area contributed by atoms with Gasteiger partial charge in [0.2, 0.25) is 5.89 Å². The number of ether oxygens (including phenoxy) is 1. The maximum Gasteiger partial charge on any atom is 0.411 e. The first-order chi connectivity index (χ1) is 17.3. The summed E-state index contributed by atoms with van der Waals surface area (Å²) < 4.78 is 51.4. The Morgan fingerprint density at radius 2 is 1.89 bits per heavy atom. The number of hydrogen-bond acceptors (Lipinski definition) is 7. The Hall–Kier alpha value is -3.71. The number of carboxylic acid groups (broad SMARTS) is 1. The molecule has 0 aliphatic carbocycles. The molecular formula is C24H22F3N3O6S. The molecule has 0 bridgehead atoms. The molecule has 0 aliphatic rings. The van der Waals surface area contributed by atoms with Gasteiger partial charge in [-0.1, -0.05) is 30.3 Å². The molecule has 196 valence electrons. The van der Waals surface area contributed by atoms with Crippen molar-refractivity contribution in [1.29, 1.82) is 0 Å². The van der Waals surface area contributed by atoms with E-state index < -0.39 is 48.2 Å². The molecule has 9 nitrogen and oxygen atoms in total. The van der Waals surface area contributed by atoms with Crippen molar-refractivity contribution >= 4 is 27.5 Å². The highest BCUT2D eigenvalue weighted by Gasteiger charge is 2.36. The van der Waals surface area contributed by atoms with Crippen LogP contribution in [-0.2, 0) is 21.6 Å². The van der Waals surface area contributed by atoms with E-state index in [1.165, 1.54) is 26.3 Å². The Labute approximate surface area is 211 Å². The maximum atomic E-state index is 13.7. The first kappa shape index (κ1) is 26.4. The molecule has 0 amide bonds. The Kier molecular flexibility index (Phi) is 6.86. The number of hydrogen-bond donors (Lipinski definition) is 1. The zero-order valence-electron chi connectivity index (χ0n) is 19.9. The van der Waals surface area contributed by atoms with E-state index in [4.69, 9.17) is 9.15 Å². The fourth-order valence-electron chi connectivity index (χ4n) is 3.92. The van der Waals surface area contributed by atoms with Crippen LogP contribution in [0, 0.1) is 6.92 Å². The molecular weight excluding hydrogens is 515 g/mol. The molecule has 0 spiro atoms. The molecule has 1 atom stereocenters. The van der Waals surface area contributed by atoms with Crippen molar-refractivity contribution in [2.24, 2.45) is 0 Å². The average Bonchev–Trinajstić information content (AvgIpc) is 3.46.